The fourth-order valence-corrected chi connectivity index (χ4v) is 2.77. The van der Waals surface area contributed by atoms with Gasteiger partial charge in [-0.25, -0.2) is 9.18 Å². The molecule has 7 heteroatoms. The topological polar surface area (TPSA) is 63.0 Å². The monoisotopic (exact) mass is 397 g/mol. The standard InChI is InChI=1S/C21H16FN3O2.ClH/c22-18-7-2-1-5-15(18)13-27-17-6-3-4-14(10-17)12-23-16-8-9-19-20(11-16)25-21(26)24-19;/h1-11,23H,12-13H2;1H. The second kappa shape index (κ2) is 8.63. The Labute approximate surface area is 167 Å². The molecule has 3 aromatic carbocycles. The normalized spacial score (nSPS) is 11.7. The molecule has 0 spiro atoms. The van der Waals surface area contributed by atoms with Gasteiger partial charge < -0.3 is 10.1 Å². The van der Waals surface area contributed by atoms with Gasteiger partial charge in [-0.05, 0) is 42.0 Å². The summed E-state index contributed by atoms with van der Waals surface area (Å²) in [7, 11) is 0. The summed E-state index contributed by atoms with van der Waals surface area (Å²) in [6.45, 7) is 0.744. The van der Waals surface area contributed by atoms with Crippen LogP contribution >= 0.6 is 12.4 Å². The van der Waals surface area contributed by atoms with Crippen molar-refractivity contribution in [1.82, 2.24) is 0 Å². The number of ether oxygens (including phenoxy) is 1. The Morgan fingerprint density at radius 3 is 2.61 bits per heavy atom. The summed E-state index contributed by atoms with van der Waals surface area (Å²) in [5, 5.41) is 4.45. The summed E-state index contributed by atoms with van der Waals surface area (Å²) in [5.41, 5.74) is 2.38. The Morgan fingerprint density at radius 2 is 1.75 bits per heavy atom. The summed E-state index contributed by atoms with van der Waals surface area (Å²) in [6.07, 6.45) is 0. The molecule has 28 heavy (non-hydrogen) atoms. The highest BCUT2D eigenvalue weighted by Crippen LogP contribution is 2.17. The quantitative estimate of drug-likeness (QED) is 0.688. The van der Waals surface area contributed by atoms with Gasteiger partial charge in [-0.2, -0.15) is 9.98 Å². The number of nitrogens with one attached hydrogen (secondary N) is 1. The third-order valence-electron chi connectivity index (χ3n) is 4.15. The molecular formula is C21H17ClFN3O2. The number of benzene rings is 3. The van der Waals surface area contributed by atoms with Gasteiger partial charge in [0, 0.05) is 17.8 Å². The zero-order valence-electron chi connectivity index (χ0n) is 14.8. The van der Waals surface area contributed by atoms with Gasteiger partial charge in [-0.1, -0.05) is 30.3 Å². The van der Waals surface area contributed by atoms with E-state index in [9.17, 15) is 9.18 Å². The number of rotatable bonds is 6. The third-order valence-corrected chi connectivity index (χ3v) is 4.15. The van der Waals surface area contributed by atoms with Crippen molar-refractivity contribution >= 4 is 24.1 Å². The first-order chi connectivity index (χ1) is 13.2. The van der Waals surface area contributed by atoms with Gasteiger partial charge in [0.15, 0.2) is 0 Å². The molecule has 1 N–H and O–H groups in total. The van der Waals surface area contributed by atoms with Crippen LogP contribution in [0.4, 0.5) is 14.9 Å². The maximum absolute atomic E-state index is 13.7. The predicted molar refractivity (Wildman–Crippen MR) is 106 cm³/mol. The first-order valence-corrected chi connectivity index (χ1v) is 8.48. The van der Waals surface area contributed by atoms with Crippen molar-refractivity contribution < 1.29 is 13.9 Å². The Bertz CT molecular complexity index is 1130. The summed E-state index contributed by atoms with van der Waals surface area (Å²) >= 11 is 0. The number of amides is 2. The van der Waals surface area contributed by atoms with E-state index in [0.717, 1.165) is 11.3 Å². The second-order valence-corrected chi connectivity index (χ2v) is 6.09. The minimum atomic E-state index is -0.471. The molecule has 142 valence electrons. The SMILES string of the molecule is Cl.O=C1N=c2ccc(NCc3cccc(OCc4ccccc4F)c3)cc2=N1. The lowest BCUT2D eigenvalue weighted by Gasteiger charge is -2.10. The average Bonchev–Trinajstić information content (AvgIpc) is 3.05. The molecule has 1 aliphatic heterocycles. The molecule has 0 aromatic heterocycles. The van der Waals surface area contributed by atoms with Crippen LogP contribution < -0.4 is 20.8 Å². The number of nitrogens with zero attached hydrogens (tertiary/aromatic N) is 2. The Hall–Kier alpha value is -3.25. The van der Waals surface area contributed by atoms with Gasteiger partial charge in [0.1, 0.15) is 18.2 Å². The number of halogens is 2. The lowest BCUT2D eigenvalue weighted by atomic mass is 10.2. The number of hydrogen-bond donors (Lipinski definition) is 1. The summed E-state index contributed by atoms with van der Waals surface area (Å²) in [4.78, 5) is 18.9. The first kappa shape index (κ1) is 19.5. The smallest absolute Gasteiger partial charge is 0.368 e. The minimum absolute atomic E-state index is 0. The van der Waals surface area contributed by atoms with E-state index in [2.05, 4.69) is 15.3 Å². The number of carbonyl (C=O) groups excluding carboxylic acids is 1. The van der Waals surface area contributed by atoms with Crippen molar-refractivity contribution in [2.45, 2.75) is 13.2 Å². The number of fused-ring (bicyclic) bond motifs is 1. The van der Waals surface area contributed by atoms with E-state index in [1.165, 1.54) is 6.07 Å². The van der Waals surface area contributed by atoms with Crippen LogP contribution in [0.2, 0.25) is 0 Å². The molecule has 4 rings (SSSR count). The summed E-state index contributed by atoms with van der Waals surface area (Å²) in [5.74, 6) is 0.397. The molecule has 0 saturated carbocycles. The van der Waals surface area contributed by atoms with Crippen LogP contribution in [0.25, 0.3) is 0 Å². The van der Waals surface area contributed by atoms with Gasteiger partial charge in [0.2, 0.25) is 0 Å². The second-order valence-electron chi connectivity index (χ2n) is 6.09. The molecule has 0 unspecified atom stereocenters. The van der Waals surface area contributed by atoms with Crippen LogP contribution in [-0.2, 0) is 13.2 Å². The van der Waals surface area contributed by atoms with Crippen molar-refractivity contribution in [2.75, 3.05) is 5.32 Å². The van der Waals surface area contributed by atoms with Crippen molar-refractivity contribution in [1.29, 1.82) is 0 Å². The molecule has 0 bridgehead atoms. The molecule has 0 radical (unpaired) electrons. The molecule has 1 heterocycles. The number of urea groups is 1. The fourth-order valence-electron chi connectivity index (χ4n) is 2.77. The van der Waals surface area contributed by atoms with E-state index in [0.29, 0.717) is 28.6 Å². The molecule has 0 fully saturated rings. The van der Waals surface area contributed by atoms with E-state index in [1.54, 1.807) is 30.3 Å². The van der Waals surface area contributed by atoms with E-state index < -0.39 is 6.03 Å². The van der Waals surface area contributed by atoms with Gasteiger partial charge in [-0.3, -0.25) is 0 Å². The number of carbonyl (C=O) groups is 1. The van der Waals surface area contributed by atoms with Crippen molar-refractivity contribution in [2.24, 2.45) is 9.98 Å². The maximum atomic E-state index is 13.7. The van der Waals surface area contributed by atoms with Crippen molar-refractivity contribution in [3.63, 3.8) is 0 Å². The van der Waals surface area contributed by atoms with Gasteiger partial charge >= 0.3 is 6.03 Å². The minimum Gasteiger partial charge on any atom is -0.489 e. The number of hydrogen-bond acceptors (Lipinski definition) is 3. The van der Waals surface area contributed by atoms with E-state index >= 15 is 0 Å². The highest BCUT2D eigenvalue weighted by atomic mass is 35.5. The van der Waals surface area contributed by atoms with Crippen LogP contribution in [0.3, 0.4) is 0 Å². The number of anilines is 1. The Morgan fingerprint density at radius 1 is 0.929 bits per heavy atom. The van der Waals surface area contributed by atoms with Crippen LogP contribution in [0.1, 0.15) is 11.1 Å². The highest BCUT2D eigenvalue weighted by Gasteiger charge is 2.06. The molecule has 0 aliphatic carbocycles. The molecular weight excluding hydrogens is 381 g/mol. The molecule has 5 nitrogen and oxygen atoms in total. The average molecular weight is 398 g/mol. The largest absolute Gasteiger partial charge is 0.489 e. The van der Waals surface area contributed by atoms with Crippen LogP contribution in [0, 0.1) is 5.82 Å². The van der Waals surface area contributed by atoms with Gasteiger partial charge in [0.05, 0.1) is 10.7 Å². The summed E-state index contributed by atoms with van der Waals surface area (Å²) < 4.78 is 19.4. The van der Waals surface area contributed by atoms with Gasteiger partial charge in [-0.15, -0.1) is 12.4 Å². The zero-order chi connectivity index (χ0) is 18.6. The molecule has 2 amide bonds. The van der Waals surface area contributed by atoms with Crippen LogP contribution in [0.15, 0.2) is 76.7 Å². The van der Waals surface area contributed by atoms with Crippen molar-refractivity contribution in [3.05, 3.63) is 94.4 Å². The molecule has 1 aliphatic rings. The Kier molecular flexibility index (Phi) is 6.01. The summed E-state index contributed by atoms with van der Waals surface area (Å²) in [6, 6.07) is 19.1. The predicted octanol–water partition coefficient (Wildman–Crippen LogP) is 3.81. The highest BCUT2D eigenvalue weighted by molar-refractivity contribution is 5.85. The zero-order valence-corrected chi connectivity index (χ0v) is 15.6. The van der Waals surface area contributed by atoms with Crippen molar-refractivity contribution in [3.8, 4) is 5.75 Å². The molecule has 0 saturated heterocycles. The molecule has 3 aromatic rings. The Balaban J connectivity index is 0.00000225. The molecule has 0 atom stereocenters. The maximum Gasteiger partial charge on any atom is 0.368 e. The third kappa shape index (κ3) is 4.53. The van der Waals surface area contributed by atoms with E-state index in [4.69, 9.17) is 4.74 Å². The van der Waals surface area contributed by atoms with Crippen LogP contribution in [0.5, 0.6) is 5.75 Å². The van der Waals surface area contributed by atoms with Gasteiger partial charge in [0.25, 0.3) is 0 Å². The van der Waals surface area contributed by atoms with E-state index in [1.807, 2.05) is 30.3 Å². The van der Waals surface area contributed by atoms with Crippen LogP contribution in [-0.4, -0.2) is 6.03 Å². The van der Waals surface area contributed by atoms with E-state index in [-0.39, 0.29) is 24.8 Å². The lowest BCUT2D eigenvalue weighted by molar-refractivity contribution is 0.256. The first-order valence-electron chi connectivity index (χ1n) is 8.48. The lowest BCUT2D eigenvalue weighted by Crippen LogP contribution is -2.21. The fraction of sp³-hybridized carbons (Fsp3) is 0.0952.